The topological polar surface area (TPSA) is 0 Å². The van der Waals surface area contributed by atoms with E-state index < -0.39 is 0 Å². The smallest absolute Gasteiger partial charge is 0.00720 e. The van der Waals surface area contributed by atoms with E-state index in [0.29, 0.717) is 0 Å². The first-order valence-electron chi connectivity index (χ1n) is 5.04. The van der Waals surface area contributed by atoms with E-state index >= 15 is 0 Å². The molecule has 1 aromatic carbocycles. The summed E-state index contributed by atoms with van der Waals surface area (Å²) in [6.07, 6.45) is 2.94. The molecule has 1 heteroatoms. The molecule has 1 unspecified atom stereocenters. The lowest BCUT2D eigenvalue weighted by atomic mass is 10.1. The highest BCUT2D eigenvalue weighted by atomic mass is 32.2. The summed E-state index contributed by atoms with van der Waals surface area (Å²) in [5, 5.41) is 0. The third-order valence-corrected chi connectivity index (χ3v) is 3.98. The van der Waals surface area contributed by atoms with Gasteiger partial charge < -0.3 is 0 Å². The maximum atomic E-state index is 2.38. The van der Waals surface area contributed by atoms with E-state index in [1.165, 1.54) is 23.5 Å². The molecule has 0 radical (unpaired) electrons. The quantitative estimate of drug-likeness (QED) is 0.653. The van der Waals surface area contributed by atoms with Crippen LogP contribution in [0.2, 0.25) is 0 Å². The zero-order valence-corrected chi connectivity index (χ0v) is 8.89. The van der Waals surface area contributed by atoms with Gasteiger partial charge in [0.15, 0.2) is 0 Å². The molecular formula is C12H16S. The highest BCUT2D eigenvalue weighted by Gasteiger charge is 2.27. The van der Waals surface area contributed by atoms with Crippen LogP contribution in [0.5, 0.6) is 0 Å². The van der Waals surface area contributed by atoms with Crippen LogP contribution in [0.3, 0.4) is 0 Å². The van der Waals surface area contributed by atoms with Crippen LogP contribution >= 0.6 is 11.8 Å². The van der Waals surface area contributed by atoms with Gasteiger partial charge in [-0.3, -0.25) is 0 Å². The Morgan fingerprint density at radius 2 is 2.00 bits per heavy atom. The minimum absolute atomic E-state index is 0.908. The third kappa shape index (κ3) is 2.77. The zero-order valence-electron chi connectivity index (χ0n) is 8.07. The molecule has 1 saturated carbocycles. The molecule has 0 saturated heterocycles. The molecule has 0 bridgehead atoms. The Hall–Kier alpha value is -0.430. The summed E-state index contributed by atoms with van der Waals surface area (Å²) in [5.74, 6) is 3.23. The lowest BCUT2D eigenvalue weighted by Crippen LogP contribution is -1.99. The van der Waals surface area contributed by atoms with Crippen LogP contribution in [-0.2, 0) is 0 Å². The average molecular weight is 192 g/mol. The van der Waals surface area contributed by atoms with E-state index in [9.17, 15) is 0 Å². The van der Waals surface area contributed by atoms with E-state index in [0.717, 1.165) is 11.8 Å². The Morgan fingerprint density at radius 3 is 2.62 bits per heavy atom. The van der Waals surface area contributed by atoms with Crippen molar-refractivity contribution in [2.24, 2.45) is 11.8 Å². The minimum atomic E-state index is 0.908. The highest BCUT2D eigenvalue weighted by molar-refractivity contribution is 7.99. The fourth-order valence-electron chi connectivity index (χ4n) is 1.55. The molecule has 2 rings (SSSR count). The van der Waals surface area contributed by atoms with Crippen LogP contribution in [0.15, 0.2) is 35.2 Å². The molecule has 0 nitrogen and oxygen atoms in total. The molecule has 0 amide bonds. The first kappa shape index (κ1) is 9.14. The highest BCUT2D eigenvalue weighted by Crippen LogP contribution is 2.38. The summed E-state index contributed by atoms with van der Waals surface area (Å²) in [5.41, 5.74) is 0. The number of thioether (sulfide) groups is 1. The maximum Gasteiger partial charge on any atom is 0.00720 e. The van der Waals surface area contributed by atoms with Crippen molar-refractivity contribution in [1.82, 2.24) is 0 Å². The van der Waals surface area contributed by atoms with Crippen molar-refractivity contribution in [3.63, 3.8) is 0 Å². The summed E-state index contributed by atoms with van der Waals surface area (Å²) in [7, 11) is 0. The van der Waals surface area contributed by atoms with Crippen molar-refractivity contribution in [2.75, 3.05) is 5.75 Å². The Kier molecular flexibility index (Phi) is 2.94. The van der Waals surface area contributed by atoms with Crippen molar-refractivity contribution in [1.29, 1.82) is 0 Å². The third-order valence-electron chi connectivity index (χ3n) is 2.68. The van der Waals surface area contributed by atoms with E-state index in [4.69, 9.17) is 0 Å². The van der Waals surface area contributed by atoms with E-state index in [1.807, 2.05) is 11.8 Å². The molecule has 0 heterocycles. The first-order chi connectivity index (χ1) is 6.36. The Balaban J connectivity index is 1.78. The zero-order chi connectivity index (χ0) is 9.10. The van der Waals surface area contributed by atoms with Gasteiger partial charge in [0.25, 0.3) is 0 Å². The van der Waals surface area contributed by atoms with E-state index in [1.54, 1.807) is 0 Å². The Bertz CT molecular complexity index is 251. The van der Waals surface area contributed by atoms with Crippen LogP contribution in [0.1, 0.15) is 19.8 Å². The second-order valence-corrected chi connectivity index (χ2v) is 5.03. The molecule has 1 aromatic rings. The normalized spacial score (nSPS) is 18.5. The SMILES string of the molecule is CC(CSc1ccccc1)C1CC1. The number of rotatable bonds is 4. The Labute approximate surface area is 84.7 Å². The molecule has 0 aromatic heterocycles. The maximum absolute atomic E-state index is 2.38. The minimum Gasteiger partial charge on any atom is -0.126 e. The molecule has 0 N–H and O–H groups in total. The molecule has 70 valence electrons. The number of hydrogen-bond donors (Lipinski definition) is 0. The molecule has 1 atom stereocenters. The molecule has 13 heavy (non-hydrogen) atoms. The summed E-state index contributed by atoms with van der Waals surface area (Å²) in [6.45, 7) is 2.38. The van der Waals surface area contributed by atoms with Gasteiger partial charge in [-0.15, -0.1) is 11.8 Å². The lowest BCUT2D eigenvalue weighted by Gasteiger charge is -2.08. The van der Waals surface area contributed by atoms with Crippen molar-refractivity contribution < 1.29 is 0 Å². The average Bonchev–Trinajstić information content (AvgIpc) is 2.99. The second kappa shape index (κ2) is 4.19. The van der Waals surface area contributed by atoms with Gasteiger partial charge in [0, 0.05) is 10.6 Å². The van der Waals surface area contributed by atoms with Gasteiger partial charge in [0.2, 0.25) is 0 Å². The van der Waals surface area contributed by atoms with Gasteiger partial charge in [-0.05, 0) is 36.8 Å². The monoisotopic (exact) mass is 192 g/mol. The van der Waals surface area contributed by atoms with Gasteiger partial charge in [0.1, 0.15) is 0 Å². The summed E-state index contributed by atoms with van der Waals surface area (Å²) in [6, 6.07) is 10.7. The summed E-state index contributed by atoms with van der Waals surface area (Å²) < 4.78 is 0. The van der Waals surface area contributed by atoms with Gasteiger partial charge in [0.05, 0.1) is 0 Å². The largest absolute Gasteiger partial charge is 0.126 e. The predicted molar refractivity (Wildman–Crippen MR) is 59.1 cm³/mol. The fraction of sp³-hybridized carbons (Fsp3) is 0.500. The Morgan fingerprint density at radius 1 is 1.31 bits per heavy atom. The molecule has 1 aliphatic carbocycles. The molecule has 0 spiro atoms. The molecular weight excluding hydrogens is 176 g/mol. The fourth-order valence-corrected chi connectivity index (χ4v) is 2.62. The number of benzene rings is 1. The van der Waals surface area contributed by atoms with Gasteiger partial charge in [-0.25, -0.2) is 0 Å². The van der Waals surface area contributed by atoms with Crippen molar-refractivity contribution >= 4 is 11.8 Å². The van der Waals surface area contributed by atoms with Crippen LogP contribution < -0.4 is 0 Å². The van der Waals surface area contributed by atoms with Crippen LogP contribution in [0.4, 0.5) is 0 Å². The van der Waals surface area contributed by atoms with Gasteiger partial charge >= 0.3 is 0 Å². The van der Waals surface area contributed by atoms with Crippen LogP contribution in [-0.4, -0.2) is 5.75 Å². The summed E-state index contributed by atoms with van der Waals surface area (Å²) in [4.78, 5) is 1.41. The lowest BCUT2D eigenvalue weighted by molar-refractivity contribution is 0.573. The van der Waals surface area contributed by atoms with E-state index in [-0.39, 0.29) is 0 Å². The van der Waals surface area contributed by atoms with Gasteiger partial charge in [-0.1, -0.05) is 25.1 Å². The van der Waals surface area contributed by atoms with Crippen molar-refractivity contribution in [3.05, 3.63) is 30.3 Å². The van der Waals surface area contributed by atoms with Gasteiger partial charge in [-0.2, -0.15) is 0 Å². The molecule has 1 aliphatic rings. The predicted octanol–water partition coefficient (Wildman–Crippen LogP) is 3.82. The first-order valence-corrected chi connectivity index (χ1v) is 6.02. The standard InChI is InChI=1S/C12H16S/c1-10(11-7-8-11)9-13-12-5-3-2-4-6-12/h2-6,10-11H,7-9H2,1H3. The van der Waals surface area contributed by atoms with Crippen molar-refractivity contribution in [2.45, 2.75) is 24.7 Å². The van der Waals surface area contributed by atoms with Crippen LogP contribution in [0, 0.1) is 11.8 Å². The van der Waals surface area contributed by atoms with E-state index in [2.05, 4.69) is 37.3 Å². The van der Waals surface area contributed by atoms with Crippen LogP contribution in [0.25, 0.3) is 0 Å². The second-order valence-electron chi connectivity index (χ2n) is 3.94. The number of hydrogen-bond acceptors (Lipinski definition) is 1. The molecule has 1 fully saturated rings. The van der Waals surface area contributed by atoms with Crippen molar-refractivity contribution in [3.8, 4) is 0 Å². The molecule has 0 aliphatic heterocycles. The summed E-state index contributed by atoms with van der Waals surface area (Å²) >= 11 is 2.00.